The summed E-state index contributed by atoms with van der Waals surface area (Å²) in [6.07, 6.45) is 4.04. The van der Waals surface area contributed by atoms with Crippen molar-refractivity contribution < 1.29 is 8.42 Å². The van der Waals surface area contributed by atoms with Crippen LogP contribution in [-0.2, 0) is 10.0 Å². The molecule has 21 heavy (non-hydrogen) atoms. The van der Waals surface area contributed by atoms with Gasteiger partial charge in [-0.05, 0) is 68.7 Å². The van der Waals surface area contributed by atoms with Crippen LogP contribution in [0.15, 0.2) is 17.0 Å². The average molecular weight is 310 g/mol. The fourth-order valence-electron chi connectivity index (χ4n) is 2.99. The summed E-state index contributed by atoms with van der Waals surface area (Å²) in [5, 5.41) is 0. The number of nitrogens with zero attached hydrogens (tertiary/aromatic N) is 1. The quantitative estimate of drug-likeness (QED) is 0.873. The van der Waals surface area contributed by atoms with Gasteiger partial charge < -0.3 is 5.73 Å². The number of hydrogen-bond donors (Lipinski definition) is 1. The van der Waals surface area contributed by atoms with Gasteiger partial charge in [-0.3, -0.25) is 0 Å². The van der Waals surface area contributed by atoms with Crippen LogP contribution in [0, 0.1) is 19.8 Å². The highest BCUT2D eigenvalue weighted by Crippen LogP contribution is 2.31. The van der Waals surface area contributed by atoms with E-state index in [2.05, 4.69) is 6.92 Å². The second-order valence-corrected chi connectivity index (χ2v) is 8.38. The summed E-state index contributed by atoms with van der Waals surface area (Å²) in [5.74, 6) is 0.698. The third-order valence-corrected chi connectivity index (χ3v) is 6.75. The maximum atomic E-state index is 12.8. The van der Waals surface area contributed by atoms with Crippen LogP contribution < -0.4 is 5.73 Å². The molecule has 0 atom stereocenters. The van der Waals surface area contributed by atoms with Crippen molar-refractivity contribution in [3.8, 4) is 0 Å². The SMILES string of the molecule is Cc1cc(N)c(S(=O)(=O)N(C)C2CCC(C)CC2)cc1C. The van der Waals surface area contributed by atoms with Gasteiger partial charge in [0.1, 0.15) is 4.90 Å². The smallest absolute Gasteiger partial charge is 0.245 e. The maximum Gasteiger partial charge on any atom is 0.245 e. The van der Waals surface area contributed by atoms with E-state index in [-0.39, 0.29) is 10.9 Å². The molecule has 1 fully saturated rings. The molecular weight excluding hydrogens is 284 g/mol. The number of nitrogens with two attached hydrogens (primary N) is 1. The van der Waals surface area contributed by atoms with Crippen molar-refractivity contribution >= 4 is 15.7 Å². The molecule has 1 saturated carbocycles. The van der Waals surface area contributed by atoms with Crippen molar-refractivity contribution in [2.24, 2.45) is 5.92 Å². The van der Waals surface area contributed by atoms with Crippen LogP contribution in [0.4, 0.5) is 5.69 Å². The Morgan fingerprint density at radius 2 is 1.62 bits per heavy atom. The number of nitrogen functional groups attached to an aromatic ring is 1. The number of benzene rings is 1. The molecule has 1 aliphatic rings. The number of anilines is 1. The van der Waals surface area contributed by atoms with E-state index in [0.29, 0.717) is 11.6 Å². The van der Waals surface area contributed by atoms with Gasteiger partial charge >= 0.3 is 0 Å². The van der Waals surface area contributed by atoms with Crippen LogP contribution >= 0.6 is 0 Å². The first-order valence-electron chi connectivity index (χ1n) is 7.58. The summed E-state index contributed by atoms with van der Waals surface area (Å²) in [6, 6.07) is 3.54. The van der Waals surface area contributed by atoms with Crippen molar-refractivity contribution in [3.05, 3.63) is 23.3 Å². The van der Waals surface area contributed by atoms with E-state index < -0.39 is 10.0 Å². The molecule has 1 aliphatic carbocycles. The van der Waals surface area contributed by atoms with Crippen molar-refractivity contribution in [3.63, 3.8) is 0 Å². The largest absolute Gasteiger partial charge is 0.398 e. The van der Waals surface area contributed by atoms with E-state index in [0.717, 1.165) is 36.8 Å². The molecule has 2 N–H and O–H groups in total. The lowest BCUT2D eigenvalue weighted by Crippen LogP contribution is -2.39. The maximum absolute atomic E-state index is 12.8. The van der Waals surface area contributed by atoms with Crippen LogP contribution in [0.2, 0.25) is 0 Å². The van der Waals surface area contributed by atoms with Crippen molar-refractivity contribution in [2.45, 2.75) is 57.4 Å². The zero-order valence-corrected chi connectivity index (χ0v) is 14.2. The minimum absolute atomic E-state index is 0.0900. The van der Waals surface area contributed by atoms with Gasteiger partial charge in [0, 0.05) is 13.1 Å². The van der Waals surface area contributed by atoms with Crippen LogP contribution in [0.3, 0.4) is 0 Å². The topological polar surface area (TPSA) is 63.4 Å². The van der Waals surface area contributed by atoms with Gasteiger partial charge in [-0.15, -0.1) is 0 Å². The molecule has 0 heterocycles. The zero-order chi connectivity index (χ0) is 15.8. The molecule has 0 spiro atoms. The highest BCUT2D eigenvalue weighted by molar-refractivity contribution is 7.89. The monoisotopic (exact) mass is 310 g/mol. The van der Waals surface area contributed by atoms with Gasteiger partial charge in [0.05, 0.1) is 5.69 Å². The Bertz CT molecular complexity index is 617. The van der Waals surface area contributed by atoms with Crippen LogP contribution in [-0.4, -0.2) is 25.8 Å². The summed E-state index contributed by atoms with van der Waals surface area (Å²) in [6.45, 7) is 6.08. The van der Waals surface area contributed by atoms with E-state index in [1.165, 1.54) is 4.31 Å². The molecule has 0 aliphatic heterocycles. The van der Waals surface area contributed by atoms with Gasteiger partial charge in [0.25, 0.3) is 0 Å². The number of rotatable bonds is 3. The highest BCUT2D eigenvalue weighted by Gasteiger charge is 2.31. The summed E-state index contributed by atoms with van der Waals surface area (Å²) in [7, 11) is -1.83. The van der Waals surface area contributed by atoms with Crippen LogP contribution in [0.5, 0.6) is 0 Å². The van der Waals surface area contributed by atoms with Crippen LogP contribution in [0.25, 0.3) is 0 Å². The van der Waals surface area contributed by atoms with E-state index in [1.54, 1.807) is 19.2 Å². The predicted molar refractivity (Wildman–Crippen MR) is 86.7 cm³/mol. The second kappa shape index (κ2) is 5.97. The summed E-state index contributed by atoms with van der Waals surface area (Å²) < 4.78 is 27.2. The highest BCUT2D eigenvalue weighted by atomic mass is 32.2. The first-order valence-corrected chi connectivity index (χ1v) is 9.02. The zero-order valence-electron chi connectivity index (χ0n) is 13.4. The van der Waals surface area contributed by atoms with Crippen molar-refractivity contribution in [1.82, 2.24) is 4.31 Å². The van der Waals surface area contributed by atoms with E-state index in [4.69, 9.17) is 5.73 Å². The molecule has 5 heteroatoms. The summed E-state index contributed by atoms with van der Waals surface area (Å²) in [5.41, 5.74) is 8.27. The Kier molecular flexibility index (Phi) is 4.63. The lowest BCUT2D eigenvalue weighted by atomic mass is 9.87. The summed E-state index contributed by atoms with van der Waals surface area (Å²) in [4.78, 5) is 0.242. The first-order chi connectivity index (χ1) is 9.73. The lowest BCUT2D eigenvalue weighted by Gasteiger charge is -2.33. The van der Waals surface area contributed by atoms with Crippen molar-refractivity contribution in [2.75, 3.05) is 12.8 Å². The second-order valence-electron chi connectivity index (χ2n) is 6.41. The number of aryl methyl sites for hydroxylation is 2. The van der Waals surface area contributed by atoms with Gasteiger partial charge in [-0.1, -0.05) is 6.92 Å². The molecule has 0 aromatic heterocycles. The molecule has 118 valence electrons. The molecule has 0 bridgehead atoms. The molecule has 0 radical (unpaired) electrons. The Morgan fingerprint density at radius 3 is 2.19 bits per heavy atom. The fourth-order valence-corrected chi connectivity index (χ4v) is 4.59. The molecule has 0 amide bonds. The average Bonchev–Trinajstić information content (AvgIpc) is 2.42. The molecule has 1 aromatic rings. The van der Waals surface area contributed by atoms with Gasteiger partial charge in [-0.2, -0.15) is 4.31 Å². The standard InChI is InChI=1S/C16H26N2O2S/c1-11-5-7-14(8-6-11)18(4)21(19,20)16-10-13(3)12(2)9-15(16)17/h9-11,14H,5-8,17H2,1-4H3. The Balaban J connectivity index is 2.31. The minimum atomic E-state index is -3.52. The van der Waals surface area contributed by atoms with Crippen LogP contribution in [0.1, 0.15) is 43.7 Å². The molecule has 1 aromatic carbocycles. The number of hydrogen-bond acceptors (Lipinski definition) is 3. The molecular formula is C16H26N2O2S. The molecule has 4 nitrogen and oxygen atoms in total. The Hall–Kier alpha value is -1.07. The minimum Gasteiger partial charge on any atom is -0.398 e. The van der Waals surface area contributed by atoms with Crippen molar-refractivity contribution in [1.29, 1.82) is 0 Å². The van der Waals surface area contributed by atoms with E-state index in [9.17, 15) is 8.42 Å². The third-order valence-electron chi connectivity index (χ3n) is 4.78. The predicted octanol–water partition coefficient (Wildman–Crippen LogP) is 3.08. The Labute approximate surface area is 128 Å². The normalized spacial score (nSPS) is 23.5. The summed E-state index contributed by atoms with van der Waals surface area (Å²) >= 11 is 0. The third kappa shape index (κ3) is 3.24. The molecule has 0 unspecified atom stereocenters. The van der Waals surface area contributed by atoms with E-state index in [1.807, 2.05) is 13.8 Å². The van der Waals surface area contributed by atoms with Gasteiger partial charge in [0.15, 0.2) is 0 Å². The van der Waals surface area contributed by atoms with Gasteiger partial charge in [-0.25, -0.2) is 8.42 Å². The lowest BCUT2D eigenvalue weighted by molar-refractivity contribution is 0.246. The molecule has 0 saturated heterocycles. The molecule has 2 rings (SSSR count). The Morgan fingerprint density at radius 1 is 1.10 bits per heavy atom. The first kappa shape index (κ1) is 16.3. The van der Waals surface area contributed by atoms with E-state index >= 15 is 0 Å². The van der Waals surface area contributed by atoms with Gasteiger partial charge in [0.2, 0.25) is 10.0 Å². The fraction of sp³-hybridized carbons (Fsp3) is 0.625. The number of sulfonamides is 1.